The lowest BCUT2D eigenvalue weighted by atomic mass is 9.85. The molecule has 2 aliphatic carbocycles. The van der Waals surface area contributed by atoms with E-state index in [0.717, 1.165) is 49.7 Å². The summed E-state index contributed by atoms with van der Waals surface area (Å²) in [6.07, 6.45) is 9.99. The maximum absolute atomic E-state index is 13.1. The van der Waals surface area contributed by atoms with E-state index < -0.39 is 15.6 Å². The lowest BCUT2D eigenvalue weighted by Gasteiger charge is -2.22. The Balaban J connectivity index is 1.53. The van der Waals surface area contributed by atoms with Crippen molar-refractivity contribution in [2.24, 2.45) is 5.92 Å². The van der Waals surface area contributed by atoms with Gasteiger partial charge in [-0.1, -0.05) is 25.0 Å². The summed E-state index contributed by atoms with van der Waals surface area (Å²) >= 11 is 0. The molecule has 1 fully saturated rings. The van der Waals surface area contributed by atoms with E-state index in [1.165, 1.54) is 12.4 Å². The van der Waals surface area contributed by atoms with E-state index in [1.54, 1.807) is 24.3 Å². The molecule has 1 aromatic carbocycles. The molecule has 1 unspecified atom stereocenters. The molecule has 3 aromatic rings. The van der Waals surface area contributed by atoms with E-state index in [4.69, 9.17) is 4.42 Å². The summed E-state index contributed by atoms with van der Waals surface area (Å²) in [5.74, 6) is 0.465. The highest BCUT2D eigenvalue weighted by Crippen LogP contribution is 2.49. The monoisotopic (exact) mass is 481 g/mol. The fraction of sp³-hybridized carbons (Fsp3) is 0.400. The van der Waals surface area contributed by atoms with Crippen molar-refractivity contribution in [1.82, 2.24) is 9.97 Å². The second kappa shape index (κ2) is 9.21. The summed E-state index contributed by atoms with van der Waals surface area (Å²) in [6, 6.07) is 8.48. The molecule has 2 aliphatic rings. The van der Waals surface area contributed by atoms with Gasteiger partial charge in [0, 0.05) is 36.0 Å². The van der Waals surface area contributed by atoms with Crippen molar-refractivity contribution in [3.05, 3.63) is 75.6 Å². The molecular formula is C25H27N3O5S. The summed E-state index contributed by atoms with van der Waals surface area (Å²) in [7, 11) is -3.96. The molecule has 0 aliphatic heterocycles. The SMILES string of the molecule is O=c1oc2c(c(O)c1C(c1cccc(NS(=O)(=O)c3ncccn3)c1)C1CC1)CCCCCC2. The first kappa shape index (κ1) is 22.6. The Morgan fingerprint density at radius 1 is 1.03 bits per heavy atom. The Labute approximate surface area is 198 Å². The smallest absolute Gasteiger partial charge is 0.343 e. The van der Waals surface area contributed by atoms with Gasteiger partial charge in [0.15, 0.2) is 0 Å². The molecule has 2 heterocycles. The Kier molecular flexibility index (Phi) is 6.12. The number of aromatic hydroxyl groups is 1. The standard InChI is InChI=1S/C25H27N3O5S/c29-23-19-9-3-1-2-4-10-20(19)33-24(30)22(23)21(16-11-12-16)17-7-5-8-18(15-17)28-34(31,32)25-26-13-6-14-27-25/h5-8,13-16,21,28-29H,1-4,9-12H2. The van der Waals surface area contributed by atoms with Crippen LogP contribution >= 0.6 is 0 Å². The topological polar surface area (TPSA) is 122 Å². The molecule has 0 spiro atoms. The average molecular weight is 482 g/mol. The van der Waals surface area contributed by atoms with E-state index in [-0.39, 0.29) is 28.3 Å². The minimum absolute atomic E-state index is 0.0497. The third kappa shape index (κ3) is 4.57. The minimum Gasteiger partial charge on any atom is -0.507 e. The third-order valence-electron chi connectivity index (χ3n) is 6.58. The van der Waals surface area contributed by atoms with Crippen LogP contribution < -0.4 is 10.3 Å². The zero-order valence-electron chi connectivity index (χ0n) is 18.7. The molecule has 8 nitrogen and oxygen atoms in total. The number of nitrogens with one attached hydrogen (secondary N) is 1. The van der Waals surface area contributed by atoms with E-state index >= 15 is 0 Å². The number of nitrogens with zero attached hydrogens (tertiary/aromatic N) is 2. The van der Waals surface area contributed by atoms with Gasteiger partial charge in [-0.2, -0.15) is 8.42 Å². The number of hydrogen-bond donors (Lipinski definition) is 2. The third-order valence-corrected chi connectivity index (χ3v) is 7.77. The molecule has 0 amide bonds. The molecule has 34 heavy (non-hydrogen) atoms. The largest absolute Gasteiger partial charge is 0.507 e. The maximum atomic E-state index is 13.1. The van der Waals surface area contributed by atoms with Crippen LogP contribution in [0.3, 0.4) is 0 Å². The van der Waals surface area contributed by atoms with Crippen molar-refractivity contribution in [2.75, 3.05) is 4.72 Å². The molecule has 9 heteroatoms. The van der Waals surface area contributed by atoms with Crippen LogP contribution in [0.1, 0.15) is 66.9 Å². The number of anilines is 1. The van der Waals surface area contributed by atoms with Gasteiger partial charge in [-0.15, -0.1) is 0 Å². The van der Waals surface area contributed by atoms with Gasteiger partial charge in [0.05, 0.1) is 5.56 Å². The number of aromatic nitrogens is 2. The first-order valence-electron chi connectivity index (χ1n) is 11.7. The van der Waals surface area contributed by atoms with Crippen molar-refractivity contribution >= 4 is 15.7 Å². The van der Waals surface area contributed by atoms with Crippen LogP contribution in [-0.2, 0) is 22.9 Å². The average Bonchev–Trinajstić information content (AvgIpc) is 3.63. The van der Waals surface area contributed by atoms with Crippen LogP contribution in [-0.4, -0.2) is 23.5 Å². The van der Waals surface area contributed by atoms with Gasteiger partial charge in [0.1, 0.15) is 11.5 Å². The van der Waals surface area contributed by atoms with Crippen LogP contribution in [0, 0.1) is 5.92 Å². The molecule has 0 bridgehead atoms. The van der Waals surface area contributed by atoms with Crippen molar-refractivity contribution in [1.29, 1.82) is 0 Å². The summed E-state index contributed by atoms with van der Waals surface area (Å²) in [4.78, 5) is 20.7. The Morgan fingerprint density at radius 3 is 2.50 bits per heavy atom. The second-order valence-electron chi connectivity index (χ2n) is 9.05. The summed E-state index contributed by atoms with van der Waals surface area (Å²) in [6.45, 7) is 0. The number of benzene rings is 1. The highest BCUT2D eigenvalue weighted by Gasteiger charge is 2.38. The fourth-order valence-electron chi connectivity index (χ4n) is 4.82. The first-order valence-corrected chi connectivity index (χ1v) is 13.2. The molecule has 0 saturated heterocycles. The lowest BCUT2D eigenvalue weighted by Crippen LogP contribution is -2.19. The van der Waals surface area contributed by atoms with Crippen LogP contribution in [0.5, 0.6) is 5.75 Å². The molecular weight excluding hydrogens is 454 g/mol. The van der Waals surface area contributed by atoms with Crippen molar-refractivity contribution in [2.45, 2.75) is 62.4 Å². The van der Waals surface area contributed by atoms with E-state index in [2.05, 4.69) is 14.7 Å². The zero-order valence-corrected chi connectivity index (χ0v) is 19.6. The van der Waals surface area contributed by atoms with Gasteiger partial charge in [-0.05, 0) is 61.8 Å². The number of rotatable bonds is 6. The Bertz CT molecular complexity index is 1350. The molecule has 2 aromatic heterocycles. The lowest BCUT2D eigenvalue weighted by molar-refractivity contribution is 0.382. The van der Waals surface area contributed by atoms with Crippen LogP contribution in [0.25, 0.3) is 0 Å². The van der Waals surface area contributed by atoms with Gasteiger partial charge >= 0.3 is 5.63 Å². The Hall–Kier alpha value is -3.20. The normalized spacial score (nSPS) is 17.3. The highest BCUT2D eigenvalue weighted by molar-refractivity contribution is 7.92. The van der Waals surface area contributed by atoms with Crippen molar-refractivity contribution in [3.8, 4) is 5.75 Å². The quantitative estimate of drug-likeness (QED) is 0.507. The van der Waals surface area contributed by atoms with Gasteiger partial charge in [0.25, 0.3) is 15.2 Å². The first-order chi connectivity index (χ1) is 16.4. The predicted molar refractivity (Wildman–Crippen MR) is 126 cm³/mol. The zero-order chi connectivity index (χ0) is 23.7. The van der Waals surface area contributed by atoms with E-state index in [9.17, 15) is 18.3 Å². The minimum atomic E-state index is -3.96. The van der Waals surface area contributed by atoms with Crippen molar-refractivity contribution in [3.63, 3.8) is 0 Å². The van der Waals surface area contributed by atoms with Crippen LogP contribution in [0.4, 0.5) is 5.69 Å². The molecule has 2 N–H and O–H groups in total. The van der Waals surface area contributed by atoms with Gasteiger partial charge in [-0.25, -0.2) is 14.8 Å². The number of sulfonamides is 1. The second-order valence-corrected chi connectivity index (χ2v) is 10.6. The van der Waals surface area contributed by atoms with Gasteiger partial charge < -0.3 is 9.52 Å². The number of hydrogen-bond acceptors (Lipinski definition) is 7. The van der Waals surface area contributed by atoms with Crippen molar-refractivity contribution < 1.29 is 17.9 Å². The van der Waals surface area contributed by atoms with Crippen LogP contribution in [0.15, 0.2) is 57.1 Å². The number of aryl methyl sites for hydroxylation is 1. The van der Waals surface area contributed by atoms with Crippen LogP contribution in [0.2, 0.25) is 0 Å². The molecule has 5 rings (SSSR count). The summed E-state index contributed by atoms with van der Waals surface area (Å²) in [5, 5.41) is 10.9. The van der Waals surface area contributed by atoms with Gasteiger partial charge in [0.2, 0.25) is 0 Å². The summed E-state index contributed by atoms with van der Waals surface area (Å²) in [5.41, 5.74) is 1.62. The maximum Gasteiger partial charge on any atom is 0.343 e. The Morgan fingerprint density at radius 2 is 1.76 bits per heavy atom. The predicted octanol–water partition coefficient (Wildman–Crippen LogP) is 4.14. The fourth-order valence-corrected chi connectivity index (χ4v) is 5.75. The molecule has 178 valence electrons. The molecule has 1 saturated carbocycles. The van der Waals surface area contributed by atoms with E-state index in [1.807, 2.05) is 6.07 Å². The van der Waals surface area contributed by atoms with E-state index in [0.29, 0.717) is 24.3 Å². The number of fused-ring (bicyclic) bond motifs is 1. The highest BCUT2D eigenvalue weighted by atomic mass is 32.2. The van der Waals surface area contributed by atoms with Gasteiger partial charge in [-0.3, -0.25) is 4.72 Å². The molecule has 0 radical (unpaired) electrons. The summed E-state index contributed by atoms with van der Waals surface area (Å²) < 4.78 is 33.6. The molecule has 1 atom stereocenters.